The van der Waals surface area contributed by atoms with Crippen LogP contribution in [0.1, 0.15) is 53.6 Å². The molecular formula is C22H25N5O3S. The second-order valence-corrected chi connectivity index (χ2v) is 9.26. The van der Waals surface area contributed by atoms with Gasteiger partial charge in [0, 0.05) is 4.88 Å². The van der Waals surface area contributed by atoms with E-state index in [-0.39, 0.29) is 24.4 Å². The Balaban J connectivity index is 1.51. The number of nitrogens with one attached hydrogen (secondary N) is 1. The number of esters is 1. The van der Waals surface area contributed by atoms with Crippen molar-refractivity contribution < 1.29 is 14.3 Å². The molecule has 0 spiro atoms. The number of ether oxygens (including phenoxy) is 1. The van der Waals surface area contributed by atoms with Crippen LogP contribution in [0, 0.1) is 5.92 Å². The fraction of sp³-hybridized carbons (Fsp3) is 0.409. The third-order valence-electron chi connectivity index (χ3n) is 5.23. The molecule has 1 unspecified atom stereocenters. The molecule has 1 aromatic carbocycles. The van der Waals surface area contributed by atoms with Crippen LogP contribution in [0.25, 0.3) is 5.69 Å². The number of carbonyl (C=O) groups is 2. The summed E-state index contributed by atoms with van der Waals surface area (Å²) in [5.41, 5.74) is 3.24. The first kappa shape index (κ1) is 21.2. The molecule has 8 nitrogen and oxygen atoms in total. The predicted octanol–water partition coefficient (Wildman–Crippen LogP) is 3.60. The van der Waals surface area contributed by atoms with Crippen LogP contribution < -0.4 is 5.32 Å². The number of amides is 1. The number of tetrazole rings is 1. The second kappa shape index (κ2) is 8.97. The summed E-state index contributed by atoms with van der Waals surface area (Å²) in [6, 6.07) is 7.45. The average Bonchev–Trinajstić information content (AvgIpc) is 3.35. The first-order chi connectivity index (χ1) is 14.9. The topological polar surface area (TPSA) is 99.0 Å². The van der Waals surface area contributed by atoms with Gasteiger partial charge in [0.1, 0.15) is 11.3 Å². The smallest absolute Gasteiger partial charge is 0.341 e. The highest BCUT2D eigenvalue weighted by Gasteiger charge is 2.29. The number of anilines is 1. The Morgan fingerprint density at radius 2 is 2.06 bits per heavy atom. The third kappa shape index (κ3) is 4.82. The molecule has 2 heterocycles. The van der Waals surface area contributed by atoms with Gasteiger partial charge in [-0.1, -0.05) is 19.1 Å². The van der Waals surface area contributed by atoms with Crippen molar-refractivity contribution in [2.24, 2.45) is 5.92 Å². The van der Waals surface area contributed by atoms with Gasteiger partial charge in [0.15, 0.2) is 0 Å². The molecule has 3 aromatic rings. The fourth-order valence-corrected chi connectivity index (χ4v) is 5.15. The molecule has 0 fully saturated rings. The Morgan fingerprint density at radius 1 is 1.29 bits per heavy atom. The van der Waals surface area contributed by atoms with Crippen LogP contribution in [0.3, 0.4) is 0 Å². The molecule has 0 radical (unpaired) electrons. The van der Waals surface area contributed by atoms with Gasteiger partial charge in [-0.25, -0.2) is 9.48 Å². The van der Waals surface area contributed by atoms with Gasteiger partial charge >= 0.3 is 5.97 Å². The molecule has 1 N–H and O–H groups in total. The molecular weight excluding hydrogens is 414 g/mol. The summed E-state index contributed by atoms with van der Waals surface area (Å²) in [6.45, 7) is 5.87. The molecule has 31 heavy (non-hydrogen) atoms. The highest BCUT2D eigenvalue weighted by molar-refractivity contribution is 7.17. The minimum absolute atomic E-state index is 0.166. The minimum Gasteiger partial charge on any atom is -0.459 e. The molecule has 1 aliphatic carbocycles. The number of hydrogen-bond acceptors (Lipinski definition) is 7. The van der Waals surface area contributed by atoms with Gasteiger partial charge in [-0.2, -0.15) is 0 Å². The number of rotatable bonds is 6. The van der Waals surface area contributed by atoms with Crippen LogP contribution in [0.4, 0.5) is 5.00 Å². The van der Waals surface area contributed by atoms with Gasteiger partial charge in [0.25, 0.3) is 0 Å². The minimum atomic E-state index is -0.358. The van der Waals surface area contributed by atoms with E-state index < -0.39 is 0 Å². The van der Waals surface area contributed by atoms with Crippen LogP contribution >= 0.6 is 11.3 Å². The molecule has 9 heteroatoms. The van der Waals surface area contributed by atoms with E-state index in [4.69, 9.17) is 4.74 Å². The first-order valence-corrected chi connectivity index (χ1v) is 11.2. The molecule has 2 aromatic heterocycles. The number of nitrogens with zero attached hydrogens (tertiary/aromatic N) is 4. The van der Waals surface area contributed by atoms with Gasteiger partial charge in [-0.3, -0.25) is 4.79 Å². The van der Waals surface area contributed by atoms with Crippen LogP contribution in [0.5, 0.6) is 0 Å². The van der Waals surface area contributed by atoms with Gasteiger partial charge in [-0.15, -0.1) is 16.4 Å². The lowest BCUT2D eigenvalue weighted by atomic mass is 9.88. The number of fused-ring (bicyclic) bond motifs is 1. The van der Waals surface area contributed by atoms with Crippen molar-refractivity contribution in [3.8, 4) is 5.69 Å². The second-order valence-electron chi connectivity index (χ2n) is 8.16. The molecule has 0 bridgehead atoms. The van der Waals surface area contributed by atoms with Crippen molar-refractivity contribution in [2.45, 2.75) is 52.6 Å². The monoisotopic (exact) mass is 439 g/mol. The molecule has 1 atom stereocenters. The molecule has 1 aliphatic rings. The van der Waals surface area contributed by atoms with E-state index >= 15 is 0 Å². The average molecular weight is 440 g/mol. The van der Waals surface area contributed by atoms with Crippen molar-refractivity contribution in [1.82, 2.24) is 20.2 Å². The first-order valence-electron chi connectivity index (χ1n) is 10.4. The SMILES string of the molecule is CC1CCc2c(sc(NC(=O)Cc3ccc(-n4cnnn4)cc3)c2C(=O)OC(C)C)C1. The maximum atomic E-state index is 12.8. The van der Waals surface area contributed by atoms with Gasteiger partial charge in [-0.05, 0) is 72.7 Å². The van der Waals surface area contributed by atoms with E-state index in [0.717, 1.165) is 36.1 Å². The number of aromatic nitrogens is 4. The Bertz CT molecular complexity index is 1070. The summed E-state index contributed by atoms with van der Waals surface area (Å²) in [4.78, 5) is 26.7. The van der Waals surface area contributed by atoms with Crippen molar-refractivity contribution in [1.29, 1.82) is 0 Å². The highest BCUT2D eigenvalue weighted by atomic mass is 32.1. The van der Waals surface area contributed by atoms with Crippen molar-refractivity contribution in [3.05, 3.63) is 52.2 Å². The zero-order valence-electron chi connectivity index (χ0n) is 17.8. The molecule has 0 saturated heterocycles. The fourth-order valence-electron chi connectivity index (χ4n) is 3.73. The van der Waals surface area contributed by atoms with E-state index in [1.54, 1.807) is 4.68 Å². The van der Waals surface area contributed by atoms with Crippen LogP contribution in [-0.4, -0.2) is 38.2 Å². The maximum Gasteiger partial charge on any atom is 0.341 e. The standard InChI is InChI=1S/C22H25N5O3S/c1-13(2)30-22(29)20-17-9-4-14(3)10-18(17)31-21(20)24-19(28)11-15-5-7-16(8-6-15)27-12-23-25-26-27/h5-8,12-14H,4,9-11H2,1-3H3,(H,24,28). The van der Waals surface area contributed by atoms with E-state index in [1.165, 1.54) is 22.5 Å². The van der Waals surface area contributed by atoms with Crippen LogP contribution in [0.2, 0.25) is 0 Å². The molecule has 4 rings (SSSR count). The van der Waals surface area contributed by atoms with Gasteiger partial charge in [0.2, 0.25) is 5.91 Å². The van der Waals surface area contributed by atoms with E-state index in [9.17, 15) is 9.59 Å². The van der Waals surface area contributed by atoms with E-state index in [2.05, 4.69) is 27.8 Å². The lowest BCUT2D eigenvalue weighted by Gasteiger charge is -2.18. The maximum absolute atomic E-state index is 12.8. The molecule has 162 valence electrons. The number of benzene rings is 1. The third-order valence-corrected chi connectivity index (χ3v) is 6.40. The zero-order chi connectivity index (χ0) is 22.0. The van der Waals surface area contributed by atoms with Crippen molar-refractivity contribution in [2.75, 3.05) is 5.32 Å². The summed E-state index contributed by atoms with van der Waals surface area (Å²) in [6.07, 6.45) is 4.30. The summed E-state index contributed by atoms with van der Waals surface area (Å²) in [5.74, 6) is 0.0472. The largest absolute Gasteiger partial charge is 0.459 e. The highest BCUT2D eigenvalue weighted by Crippen LogP contribution is 2.40. The van der Waals surface area contributed by atoms with Crippen LogP contribution in [0.15, 0.2) is 30.6 Å². The van der Waals surface area contributed by atoms with E-state index in [1.807, 2.05) is 38.1 Å². The summed E-state index contributed by atoms with van der Waals surface area (Å²) < 4.78 is 7.02. The molecule has 1 amide bonds. The van der Waals surface area contributed by atoms with Crippen molar-refractivity contribution >= 4 is 28.2 Å². The molecule has 0 saturated carbocycles. The lowest BCUT2D eigenvalue weighted by Crippen LogP contribution is -2.19. The van der Waals surface area contributed by atoms with Gasteiger partial charge < -0.3 is 10.1 Å². The van der Waals surface area contributed by atoms with Gasteiger partial charge in [0.05, 0.1) is 23.8 Å². The van der Waals surface area contributed by atoms with Crippen LogP contribution in [-0.2, 0) is 28.8 Å². The summed E-state index contributed by atoms with van der Waals surface area (Å²) in [7, 11) is 0. The summed E-state index contributed by atoms with van der Waals surface area (Å²) in [5, 5.41) is 14.7. The lowest BCUT2D eigenvalue weighted by molar-refractivity contribution is -0.115. The number of hydrogen-bond donors (Lipinski definition) is 1. The zero-order valence-corrected chi connectivity index (χ0v) is 18.6. The Morgan fingerprint density at radius 3 is 2.74 bits per heavy atom. The summed E-state index contributed by atoms with van der Waals surface area (Å²) >= 11 is 1.50. The normalized spacial score (nSPS) is 15.5. The molecule has 0 aliphatic heterocycles. The predicted molar refractivity (Wildman–Crippen MR) is 118 cm³/mol. The van der Waals surface area contributed by atoms with E-state index in [0.29, 0.717) is 16.5 Å². The number of carbonyl (C=O) groups excluding carboxylic acids is 2. The number of thiophene rings is 1. The Kier molecular flexibility index (Phi) is 6.13. The quantitative estimate of drug-likeness (QED) is 0.589. The van der Waals surface area contributed by atoms with Crippen molar-refractivity contribution in [3.63, 3.8) is 0 Å². The Hall–Kier alpha value is -3.07. The Labute approximate surface area is 184 Å².